The summed E-state index contributed by atoms with van der Waals surface area (Å²) in [7, 11) is -3.50. The number of benzene rings is 2. The fourth-order valence-electron chi connectivity index (χ4n) is 4.99. The molecule has 1 unspecified atom stereocenters. The van der Waals surface area contributed by atoms with Crippen LogP contribution in [-0.4, -0.2) is 82.0 Å². The fraction of sp³-hybridized carbons (Fsp3) is 0.440. The van der Waals surface area contributed by atoms with E-state index in [0.29, 0.717) is 43.0 Å². The molecule has 0 radical (unpaired) electrons. The molecule has 3 heterocycles. The summed E-state index contributed by atoms with van der Waals surface area (Å²) in [6.45, 7) is 3.80. The minimum atomic E-state index is -4.43. The maximum Gasteiger partial charge on any atom is 0.416 e. The molecule has 0 bridgehead atoms. The Morgan fingerprint density at radius 3 is 2.45 bits per heavy atom. The first-order valence-electron chi connectivity index (χ1n) is 12.3. The van der Waals surface area contributed by atoms with Crippen LogP contribution in [0.4, 0.5) is 17.6 Å². The first kappa shape index (κ1) is 26.7. The summed E-state index contributed by atoms with van der Waals surface area (Å²) in [5.74, 6) is -0.210. The molecule has 2 fully saturated rings. The number of nitrogens with zero attached hydrogens (tertiary/aromatic N) is 6. The van der Waals surface area contributed by atoms with Crippen LogP contribution >= 0.6 is 0 Å². The molecular formula is C25H28F4N6O2S. The summed E-state index contributed by atoms with van der Waals surface area (Å²) < 4.78 is 81.5. The van der Waals surface area contributed by atoms with Crippen molar-refractivity contribution in [2.24, 2.45) is 0 Å². The van der Waals surface area contributed by atoms with Gasteiger partial charge >= 0.3 is 6.18 Å². The van der Waals surface area contributed by atoms with Gasteiger partial charge in [-0.25, -0.2) is 17.5 Å². The number of sulfonamides is 1. The Labute approximate surface area is 218 Å². The van der Waals surface area contributed by atoms with Gasteiger partial charge in [-0.3, -0.25) is 9.80 Å². The lowest BCUT2D eigenvalue weighted by Gasteiger charge is -2.37. The van der Waals surface area contributed by atoms with Crippen LogP contribution in [0.5, 0.6) is 0 Å². The van der Waals surface area contributed by atoms with Gasteiger partial charge in [0.2, 0.25) is 10.0 Å². The standard InChI is InChI=1S/C25H28F4N6O2S/c26-24-7-2-1-5-20(24)14-32-8-10-33(11-9-32)23-17-35(38(36,37)18-23)16-22-15-34(31-30-22)13-19-4-3-6-21(12-19)25(27,28)29/h1-7,12,15,23H,8-11,13-14,16-18H2. The molecule has 0 aliphatic carbocycles. The first-order valence-corrected chi connectivity index (χ1v) is 13.9. The average molecular weight is 553 g/mol. The Kier molecular flexibility index (Phi) is 7.54. The van der Waals surface area contributed by atoms with E-state index in [9.17, 15) is 26.0 Å². The van der Waals surface area contributed by atoms with Gasteiger partial charge in [-0.1, -0.05) is 35.5 Å². The molecule has 0 saturated carbocycles. The number of hydrogen-bond donors (Lipinski definition) is 0. The second kappa shape index (κ2) is 10.7. The van der Waals surface area contributed by atoms with Crippen molar-refractivity contribution in [3.05, 3.63) is 82.9 Å². The molecule has 204 valence electrons. The van der Waals surface area contributed by atoms with Crippen molar-refractivity contribution < 1.29 is 26.0 Å². The molecule has 0 spiro atoms. The molecule has 2 aliphatic rings. The van der Waals surface area contributed by atoms with Crippen LogP contribution in [0.3, 0.4) is 0 Å². The van der Waals surface area contributed by atoms with E-state index in [1.54, 1.807) is 24.4 Å². The van der Waals surface area contributed by atoms with Gasteiger partial charge in [0.05, 0.1) is 36.3 Å². The van der Waals surface area contributed by atoms with Crippen molar-refractivity contribution in [1.82, 2.24) is 29.1 Å². The third-order valence-electron chi connectivity index (χ3n) is 7.01. The van der Waals surface area contributed by atoms with Gasteiger partial charge in [-0.05, 0) is 23.8 Å². The van der Waals surface area contributed by atoms with Crippen molar-refractivity contribution in [2.75, 3.05) is 38.5 Å². The Morgan fingerprint density at radius 1 is 0.947 bits per heavy atom. The first-order chi connectivity index (χ1) is 18.1. The Bertz CT molecular complexity index is 1370. The highest BCUT2D eigenvalue weighted by molar-refractivity contribution is 7.89. The number of piperazine rings is 1. The Morgan fingerprint density at radius 2 is 1.71 bits per heavy atom. The number of rotatable bonds is 7. The SMILES string of the molecule is O=S1(=O)CC(N2CCN(Cc3ccccc3F)CC2)CN1Cc1cn(Cc2cccc(C(F)(F)F)c2)nn1. The van der Waals surface area contributed by atoms with Crippen LogP contribution in [0, 0.1) is 5.82 Å². The summed E-state index contributed by atoms with van der Waals surface area (Å²) in [4.78, 5) is 4.33. The second-order valence-electron chi connectivity index (χ2n) is 9.73. The van der Waals surface area contributed by atoms with Crippen LogP contribution in [0.1, 0.15) is 22.4 Å². The molecule has 3 aromatic rings. The Balaban J connectivity index is 1.16. The van der Waals surface area contributed by atoms with Crippen LogP contribution in [-0.2, 0) is 35.8 Å². The third-order valence-corrected chi connectivity index (χ3v) is 8.88. The van der Waals surface area contributed by atoms with Gasteiger partial charge in [-0.2, -0.15) is 17.5 Å². The van der Waals surface area contributed by atoms with Crippen LogP contribution in [0.15, 0.2) is 54.7 Å². The molecule has 0 amide bonds. The predicted molar refractivity (Wildman–Crippen MR) is 132 cm³/mol. The summed E-state index contributed by atoms with van der Waals surface area (Å²) >= 11 is 0. The highest BCUT2D eigenvalue weighted by Crippen LogP contribution is 2.29. The van der Waals surface area contributed by atoms with E-state index in [0.717, 1.165) is 25.2 Å². The van der Waals surface area contributed by atoms with Gasteiger partial charge in [0.15, 0.2) is 0 Å². The highest BCUT2D eigenvalue weighted by atomic mass is 32.2. The molecule has 8 nitrogen and oxygen atoms in total. The molecule has 2 aliphatic heterocycles. The van der Waals surface area contributed by atoms with E-state index in [-0.39, 0.29) is 30.7 Å². The van der Waals surface area contributed by atoms with Gasteiger partial charge < -0.3 is 0 Å². The van der Waals surface area contributed by atoms with Crippen molar-refractivity contribution in [3.63, 3.8) is 0 Å². The average Bonchev–Trinajstić information content (AvgIpc) is 3.43. The lowest BCUT2D eigenvalue weighted by molar-refractivity contribution is -0.137. The molecule has 38 heavy (non-hydrogen) atoms. The van der Waals surface area contributed by atoms with E-state index in [2.05, 4.69) is 20.1 Å². The molecule has 2 saturated heterocycles. The van der Waals surface area contributed by atoms with E-state index in [1.165, 1.54) is 21.1 Å². The molecule has 0 N–H and O–H groups in total. The summed E-state index contributed by atoms with van der Waals surface area (Å²) in [5.41, 5.74) is 0.754. The van der Waals surface area contributed by atoms with Crippen molar-refractivity contribution in [3.8, 4) is 0 Å². The van der Waals surface area contributed by atoms with E-state index in [4.69, 9.17) is 0 Å². The molecular weight excluding hydrogens is 524 g/mol. The highest BCUT2D eigenvalue weighted by Gasteiger charge is 2.40. The maximum absolute atomic E-state index is 14.0. The summed E-state index contributed by atoms with van der Waals surface area (Å²) in [5, 5.41) is 8.01. The lowest BCUT2D eigenvalue weighted by Crippen LogP contribution is -2.51. The van der Waals surface area contributed by atoms with E-state index in [1.807, 2.05) is 6.07 Å². The minimum absolute atomic E-state index is 0.0126. The van der Waals surface area contributed by atoms with Crippen LogP contribution in [0.2, 0.25) is 0 Å². The zero-order valence-electron chi connectivity index (χ0n) is 20.6. The zero-order chi connectivity index (χ0) is 26.9. The van der Waals surface area contributed by atoms with E-state index < -0.39 is 21.8 Å². The molecule has 5 rings (SSSR count). The van der Waals surface area contributed by atoms with Crippen LogP contribution < -0.4 is 0 Å². The quantitative estimate of drug-likeness (QED) is 0.420. The van der Waals surface area contributed by atoms with Crippen LogP contribution in [0.25, 0.3) is 0 Å². The number of aromatic nitrogens is 3. The van der Waals surface area contributed by atoms with Gasteiger partial charge in [0.1, 0.15) is 5.82 Å². The topological polar surface area (TPSA) is 74.6 Å². The smallest absolute Gasteiger partial charge is 0.296 e. The van der Waals surface area contributed by atoms with Gasteiger partial charge in [0, 0.05) is 50.9 Å². The van der Waals surface area contributed by atoms with Gasteiger partial charge in [0.25, 0.3) is 0 Å². The third kappa shape index (κ3) is 6.22. The monoisotopic (exact) mass is 552 g/mol. The maximum atomic E-state index is 14.0. The normalized spacial score (nSPS) is 21.2. The van der Waals surface area contributed by atoms with Crippen molar-refractivity contribution >= 4 is 10.0 Å². The van der Waals surface area contributed by atoms with Crippen molar-refractivity contribution in [1.29, 1.82) is 0 Å². The number of halogens is 4. The molecule has 2 aromatic carbocycles. The summed E-state index contributed by atoms with van der Waals surface area (Å²) in [6.07, 6.45) is -2.87. The second-order valence-corrected chi connectivity index (χ2v) is 11.7. The summed E-state index contributed by atoms with van der Waals surface area (Å²) in [6, 6.07) is 11.5. The molecule has 1 aromatic heterocycles. The van der Waals surface area contributed by atoms with Crippen molar-refractivity contribution in [2.45, 2.75) is 31.9 Å². The fourth-order valence-corrected chi connectivity index (χ4v) is 6.73. The molecule has 1 atom stereocenters. The number of alkyl halides is 3. The predicted octanol–water partition coefficient (Wildman–Crippen LogP) is 2.82. The number of hydrogen-bond acceptors (Lipinski definition) is 6. The largest absolute Gasteiger partial charge is 0.416 e. The Hall–Kier alpha value is -2.87. The minimum Gasteiger partial charge on any atom is -0.296 e. The lowest BCUT2D eigenvalue weighted by atomic mass is 10.1. The zero-order valence-corrected chi connectivity index (χ0v) is 21.4. The molecule has 13 heteroatoms. The van der Waals surface area contributed by atoms with E-state index >= 15 is 0 Å². The van der Waals surface area contributed by atoms with Gasteiger partial charge in [-0.15, -0.1) is 5.10 Å².